The molecule has 1 amide bonds. The maximum Gasteiger partial charge on any atom is 0.335 e. The van der Waals surface area contributed by atoms with Crippen molar-refractivity contribution in [3.63, 3.8) is 0 Å². The average Bonchev–Trinajstić information content (AvgIpc) is 3.35. The van der Waals surface area contributed by atoms with Crippen molar-refractivity contribution in [1.82, 2.24) is 5.32 Å². The third-order valence-corrected chi connectivity index (χ3v) is 5.92. The van der Waals surface area contributed by atoms with E-state index in [1.165, 1.54) is 43.5 Å². The number of aromatic carboxylic acids is 1. The van der Waals surface area contributed by atoms with Crippen molar-refractivity contribution >= 4 is 40.8 Å². The van der Waals surface area contributed by atoms with Gasteiger partial charge in [-0.25, -0.2) is 13.6 Å². The number of amides is 1. The second kappa shape index (κ2) is 15.0. The van der Waals surface area contributed by atoms with Crippen LogP contribution in [0.3, 0.4) is 0 Å². The van der Waals surface area contributed by atoms with Crippen LogP contribution in [0.4, 0.5) is 14.5 Å². The van der Waals surface area contributed by atoms with E-state index in [1.807, 2.05) is 0 Å². The Hall–Kier alpha value is -3.20. The molecule has 6 nitrogen and oxygen atoms in total. The Balaban J connectivity index is 0.000000355. The molecule has 216 valence electrons. The van der Waals surface area contributed by atoms with E-state index in [1.54, 1.807) is 24.3 Å². The van der Waals surface area contributed by atoms with E-state index >= 15 is 0 Å². The maximum atomic E-state index is 14.1. The predicted octanol–water partition coefficient (Wildman–Crippen LogP) is 7.80. The number of hydrogen-bond donors (Lipinski definition) is 3. The summed E-state index contributed by atoms with van der Waals surface area (Å²) in [5, 5.41) is 15.4. The highest BCUT2D eigenvalue weighted by atomic mass is 35.5. The van der Waals surface area contributed by atoms with E-state index in [2.05, 4.69) is 38.3 Å². The molecule has 1 fully saturated rings. The summed E-state index contributed by atoms with van der Waals surface area (Å²) < 4.78 is 31.4. The molecule has 1 saturated heterocycles. The van der Waals surface area contributed by atoms with Gasteiger partial charge in [0.1, 0.15) is 17.4 Å². The predicted molar refractivity (Wildman–Crippen MR) is 156 cm³/mol. The van der Waals surface area contributed by atoms with E-state index < -0.39 is 12.0 Å². The first kappa shape index (κ1) is 33.0. The summed E-state index contributed by atoms with van der Waals surface area (Å²) in [6.45, 7) is 9.21. The number of carbonyl (C=O) groups is 2. The van der Waals surface area contributed by atoms with Gasteiger partial charge in [0.05, 0.1) is 29.4 Å². The van der Waals surface area contributed by atoms with Gasteiger partial charge in [-0.2, -0.15) is 0 Å². The fraction of sp³-hybridized carbons (Fsp3) is 0.333. The molecule has 0 bridgehead atoms. The number of rotatable bonds is 5. The highest BCUT2D eigenvalue weighted by Crippen LogP contribution is 2.31. The number of carbonyl (C=O) groups excluding carboxylic acids is 1. The highest BCUT2D eigenvalue weighted by molar-refractivity contribution is 6.30. The number of halogens is 4. The number of ether oxygens (including phenoxy) is 1. The van der Waals surface area contributed by atoms with Gasteiger partial charge in [-0.1, -0.05) is 69.1 Å². The topological polar surface area (TPSA) is 87.7 Å². The Labute approximate surface area is 243 Å². The van der Waals surface area contributed by atoms with E-state index in [4.69, 9.17) is 33.0 Å². The van der Waals surface area contributed by atoms with Crippen molar-refractivity contribution in [1.29, 1.82) is 0 Å². The quantitative estimate of drug-likeness (QED) is 0.280. The number of benzene rings is 3. The summed E-state index contributed by atoms with van der Waals surface area (Å²) in [7, 11) is 1.39. The second-order valence-electron chi connectivity index (χ2n) is 10.7. The smallest absolute Gasteiger partial charge is 0.335 e. The zero-order chi connectivity index (χ0) is 30.0. The largest absolute Gasteiger partial charge is 0.495 e. The van der Waals surface area contributed by atoms with Crippen molar-refractivity contribution in [2.24, 2.45) is 5.41 Å². The van der Waals surface area contributed by atoms with E-state index in [0.717, 1.165) is 0 Å². The summed E-state index contributed by atoms with van der Waals surface area (Å²) in [5.74, 6) is -2.03. The maximum absolute atomic E-state index is 14.1. The van der Waals surface area contributed by atoms with E-state index in [0.29, 0.717) is 34.7 Å². The molecule has 0 aromatic heterocycles. The number of anilines is 1. The lowest BCUT2D eigenvalue weighted by Gasteiger charge is -2.15. The van der Waals surface area contributed by atoms with Gasteiger partial charge >= 0.3 is 5.97 Å². The molecule has 2 unspecified atom stereocenters. The zero-order valence-corrected chi connectivity index (χ0v) is 24.5. The van der Waals surface area contributed by atoms with Crippen molar-refractivity contribution in [2.75, 3.05) is 19.0 Å². The molecule has 4 rings (SSSR count). The van der Waals surface area contributed by atoms with Crippen molar-refractivity contribution < 1.29 is 28.2 Å². The number of methoxy groups -OCH3 is 1. The van der Waals surface area contributed by atoms with Gasteiger partial charge in [0.25, 0.3) is 0 Å². The SMILES string of the molecule is CC(C)(C)C.COc1cc(C(=O)O)ccc1NC(=O)C1CC(c2ccc(Cl)cc2F)CN1.Fc1ccccc1Cl. The van der Waals surface area contributed by atoms with Crippen LogP contribution in [0.2, 0.25) is 10.0 Å². The molecule has 3 aromatic rings. The van der Waals surface area contributed by atoms with Crippen LogP contribution in [-0.4, -0.2) is 36.7 Å². The molecule has 1 aliphatic rings. The van der Waals surface area contributed by atoms with Gasteiger partial charge < -0.3 is 20.5 Å². The lowest BCUT2D eigenvalue weighted by Crippen LogP contribution is -2.35. The minimum absolute atomic E-state index is 0.0575. The minimum atomic E-state index is -1.09. The van der Waals surface area contributed by atoms with Crippen LogP contribution >= 0.6 is 23.2 Å². The van der Waals surface area contributed by atoms with Crippen molar-refractivity contribution in [3.05, 3.63) is 93.5 Å². The van der Waals surface area contributed by atoms with Crippen LogP contribution in [0.1, 0.15) is 56.0 Å². The zero-order valence-electron chi connectivity index (χ0n) is 23.0. The first-order chi connectivity index (χ1) is 18.7. The van der Waals surface area contributed by atoms with Crippen molar-refractivity contribution in [3.8, 4) is 5.75 Å². The normalized spacial score (nSPS) is 16.1. The van der Waals surface area contributed by atoms with Crippen LogP contribution in [0.5, 0.6) is 5.75 Å². The molecule has 0 spiro atoms. The molecule has 1 aliphatic heterocycles. The van der Waals surface area contributed by atoms with Gasteiger partial charge in [-0.05, 0) is 59.9 Å². The molecule has 1 heterocycles. The van der Waals surface area contributed by atoms with Gasteiger partial charge in [0, 0.05) is 17.5 Å². The summed E-state index contributed by atoms with van der Waals surface area (Å²) >= 11 is 11.1. The molecule has 3 aromatic carbocycles. The van der Waals surface area contributed by atoms with Gasteiger partial charge in [-0.3, -0.25) is 4.79 Å². The number of carboxylic acid groups (broad SMARTS) is 1. The second-order valence-corrected chi connectivity index (χ2v) is 11.5. The van der Waals surface area contributed by atoms with E-state index in [-0.39, 0.29) is 39.8 Å². The molecule has 40 heavy (non-hydrogen) atoms. The Kier molecular flexibility index (Phi) is 12.4. The molecule has 0 aliphatic carbocycles. The third kappa shape index (κ3) is 10.8. The van der Waals surface area contributed by atoms with Gasteiger partial charge in [0.15, 0.2) is 0 Å². The molecule has 3 N–H and O–H groups in total. The third-order valence-electron chi connectivity index (χ3n) is 5.38. The number of nitrogens with one attached hydrogen (secondary N) is 2. The van der Waals surface area contributed by atoms with Gasteiger partial charge in [-0.15, -0.1) is 0 Å². The van der Waals surface area contributed by atoms with Crippen LogP contribution < -0.4 is 15.4 Å². The van der Waals surface area contributed by atoms with Gasteiger partial charge in [0.2, 0.25) is 5.91 Å². The Morgan fingerprint density at radius 3 is 2.17 bits per heavy atom. The minimum Gasteiger partial charge on any atom is -0.495 e. The first-order valence-electron chi connectivity index (χ1n) is 12.5. The summed E-state index contributed by atoms with van der Waals surface area (Å²) in [6.07, 6.45) is 0.430. The lowest BCUT2D eigenvalue weighted by molar-refractivity contribution is -0.117. The molecular weight excluding hydrogens is 561 g/mol. The first-order valence-corrected chi connectivity index (χ1v) is 13.3. The Morgan fingerprint density at radius 2 is 1.65 bits per heavy atom. The number of carboxylic acids is 1. The van der Waals surface area contributed by atoms with Crippen LogP contribution in [0.15, 0.2) is 60.7 Å². The van der Waals surface area contributed by atoms with Crippen molar-refractivity contribution in [2.45, 2.75) is 46.1 Å². The molecular formula is C30H34Cl2F2N2O4. The fourth-order valence-corrected chi connectivity index (χ4v) is 3.89. The molecule has 10 heteroatoms. The van der Waals surface area contributed by atoms with Crippen LogP contribution in [0, 0.1) is 17.0 Å². The average molecular weight is 596 g/mol. The standard InChI is InChI=1S/C19H18ClFN2O4.C6H4ClF.C5H12/c1-27-17-7-10(19(25)26)2-5-15(17)23-18(24)16-6-11(9-22-16)13-4-3-12(20)8-14(13)21;7-5-3-1-2-4-6(5)8;1-5(2,3)4/h2-5,7-8,11,16,22H,6,9H2,1H3,(H,23,24)(H,25,26);1-4H;1-4H3. The van der Waals surface area contributed by atoms with Crippen LogP contribution in [-0.2, 0) is 4.79 Å². The highest BCUT2D eigenvalue weighted by Gasteiger charge is 2.32. The summed E-state index contributed by atoms with van der Waals surface area (Å²) in [6, 6.07) is 14.3. The monoisotopic (exact) mass is 594 g/mol. The lowest BCUT2D eigenvalue weighted by atomic mass is 9.95. The van der Waals surface area contributed by atoms with Crippen LogP contribution in [0.25, 0.3) is 0 Å². The summed E-state index contributed by atoms with van der Waals surface area (Å²) in [4.78, 5) is 23.6. The summed E-state index contributed by atoms with van der Waals surface area (Å²) in [5.41, 5.74) is 1.45. The molecule has 2 atom stereocenters. The van der Waals surface area contributed by atoms with E-state index in [9.17, 15) is 18.4 Å². The molecule has 0 radical (unpaired) electrons. The Morgan fingerprint density at radius 1 is 1.00 bits per heavy atom. The Bertz CT molecular complexity index is 1290. The number of hydrogen-bond acceptors (Lipinski definition) is 4. The molecule has 0 saturated carbocycles. The fourth-order valence-electron chi connectivity index (χ4n) is 3.59.